The summed E-state index contributed by atoms with van der Waals surface area (Å²) in [5, 5.41) is 16.2. The minimum absolute atomic E-state index is 0.0695. The summed E-state index contributed by atoms with van der Waals surface area (Å²) in [4.78, 5) is 59.0. The van der Waals surface area contributed by atoms with Crippen molar-refractivity contribution in [3.05, 3.63) is 35.0 Å². The number of oxime groups is 1. The van der Waals surface area contributed by atoms with Crippen LogP contribution in [0.4, 0.5) is 5.13 Å². The van der Waals surface area contributed by atoms with E-state index in [-0.39, 0.29) is 22.2 Å². The van der Waals surface area contributed by atoms with Crippen LogP contribution in [0.25, 0.3) is 0 Å². The Morgan fingerprint density at radius 2 is 2.24 bits per heavy atom. The number of carboxylic acids is 1. The number of nitrogen functional groups attached to an aromatic ring is 1. The topological polar surface area (TPSA) is 200 Å². The van der Waals surface area contributed by atoms with Crippen molar-refractivity contribution >= 4 is 57.7 Å². The number of nitrogens with zero attached hydrogens (tertiary/aromatic N) is 3. The van der Waals surface area contributed by atoms with Crippen molar-refractivity contribution in [1.82, 2.24) is 15.2 Å². The first-order chi connectivity index (χ1) is 15.7. The third kappa shape index (κ3) is 4.84. The van der Waals surface area contributed by atoms with Crippen LogP contribution in [0.15, 0.2) is 34.5 Å². The van der Waals surface area contributed by atoms with Crippen LogP contribution < -0.4 is 16.8 Å². The second-order valence-corrected chi connectivity index (χ2v) is 8.67. The molecule has 3 heterocycles. The molecule has 0 aliphatic carbocycles. The maximum absolute atomic E-state index is 12.9. The summed E-state index contributed by atoms with van der Waals surface area (Å²) in [6, 6.07) is -2.37. The highest BCUT2D eigenvalue weighted by atomic mass is 32.2. The number of carboxylic acid groups (broad SMARTS) is 1. The highest BCUT2D eigenvalue weighted by molar-refractivity contribution is 8.00. The number of aliphatic carboxylic acids is 1. The lowest BCUT2D eigenvalue weighted by molar-refractivity contribution is -0.154. The first-order valence-electron chi connectivity index (χ1n) is 9.28. The molecule has 2 unspecified atom stereocenters. The lowest BCUT2D eigenvalue weighted by atomic mass is 10.0. The van der Waals surface area contributed by atoms with E-state index in [4.69, 9.17) is 26.1 Å². The lowest BCUT2D eigenvalue weighted by Crippen LogP contribution is -2.71. The monoisotopic (exact) mass is 496 g/mol. The summed E-state index contributed by atoms with van der Waals surface area (Å²) in [6.45, 7) is 3.07. The fourth-order valence-corrected chi connectivity index (χ4v) is 4.88. The van der Waals surface area contributed by atoms with E-state index in [1.165, 1.54) is 35.2 Å². The molecule has 6 N–H and O–H groups in total. The molecule has 1 saturated heterocycles. The summed E-state index contributed by atoms with van der Waals surface area (Å²) in [6.07, 6.45) is 1.41. The van der Waals surface area contributed by atoms with E-state index in [0.29, 0.717) is 11.3 Å². The quantitative estimate of drug-likeness (QED) is 0.140. The van der Waals surface area contributed by atoms with Crippen LogP contribution in [0, 0.1) is 0 Å². The predicted molar refractivity (Wildman–Crippen MR) is 119 cm³/mol. The number of hydrogen-bond donors (Lipinski definition) is 4. The van der Waals surface area contributed by atoms with Gasteiger partial charge in [-0.1, -0.05) is 17.8 Å². The van der Waals surface area contributed by atoms with E-state index in [9.17, 15) is 19.2 Å². The summed E-state index contributed by atoms with van der Waals surface area (Å²) in [7, 11) is 1.26. The molecular formula is C18H20N6O7S2. The van der Waals surface area contributed by atoms with Gasteiger partial charge < -0.3 is 31.5 Å². The largest absolute Gasteiger partial charge is 0.480 e. The number of amides is 2. The summed E-state index contributed by atoms with van der Waals surface area (Å²) < 4.78 is 4.99. The van der Waals surface area contributed by atoms with Crippen LogP contribution in [0.3, 0.4) is 0 Å². The van der Waals surface area contributed by atoms with Gasteiger partial charge in [-0.2, -0.15) is 0 Å². The van der Waals surface area contributed by atoms with E-state index < -0.39 is 47.8 Å². The molecule has 15 heteroatoms. The number of thioether (sulfide) groups is 1. The van der Waals surface area contributed by atoms with E-state index in [0.717, 1.165) is 11.3 Å². The molecule has 176 valence electrons. The van der Waals surface area contributed by atoms with Crippen molar-refractivity contribution in [3.8, 4) is 0 Å². The Morgan fingerprint density at radius 1 is 1.52 bits per heavy atom. The van der Waals surface area contributed by atoms with Gasteiger partial charge in [0.05, 0.1) is 0 Å². The minimum atomic E-state index is -1.41. The van der Waals surface area contributed by atoms with Crippen LogP contribution in [0.2, 0.25) is 0 Å². The van der Waals surface area contributed by atoms with Gasteiger partial charge in [-0.3, -0.25) is 19.3 Å². The van der Waals surface area contributed by atoms with Gasteiger partial charge in [0.2, 0.25) is 0 Å². The summed E-state index contributed by atoms with van der Waals surface area (Å²) in [5.41, 5.74) is 11.4. The average Bonchev–Trinajstić information content (AvgIpc) is 3.23. The van der Waals surface area contributed by atoms with Crippen molar-refractivity contribution < 1.29 is 33.9 Å². The van der Waals surface area contributed by atoms with Gasteiger partial charge in [0, 0.05) is 11.1 Å². The van der Waals surface area contributed by atoms with Gasteiger partial charge >= 0.3 is 11.9 Å². The van der Waals surface area contributed by atoms with E-state index >= 15 is 0 Å². The number of allylic oxidation sites excluding steroid dienone is 1. The minimum Gasteiger partial charge on any atom is -0.480 e. The maximum atomic E-state index is 12.9. The Hall–Kier alpha value is -3.43. The SMILES string of the molecule is C=CC1=C(C(=O)OCC(N)C(=O)O)N2C(=O)C(NC(=O)/C(=N\OC)c3csc(N)n3)[C@H]2SC1. The van der Waals surface area contributed by atoms with Gasteiger partial charge in [-0.25, -0.2) is 9.78 Å². The Bertz CT molecular complexity index is 1070. The van der Waals surface area contributed by atoms with Crippen LogP contribution >= 0.6 is 23.1 Å². The lowest BCUT2D eigenvalue weighted by Gasteiger charge is -2.49. The zero-order valence-corrected chi connectivity index (χ0v) is 18.9. The number of esters is 1. The molecule has 2 aliphatic heterocycles. The normalized spacial score (nSPS) is 21.0. The number of carbonyl (C=O) groups excluding carboxylic acids is 3. The molecule has 0 radical (unpaired) electrons. The number of hydrogen-bond acceptors (Lipinski definition) is 12. The van der Waals surface area contributed by atoms with E-state index in [1.807, 2.05) is 0 Å². The molecule has 1 aromatic heterocycles. The molecular weight excluding hydrogens is 476 g/mol. The number of nitrogens with two attached hydrogens (primary N) is 2. The Labute approximate surface area is 195 Å². The number of anilines is 1. The second-order valence-electron chi connectivity index (χ2n) is 6.68. The first kappa shape index (κ1) is 24.2. The van der Waals surface area contributed by atoms with E-state index in [2.05, 4.69) is 22.0 Å². The standard InChI is InChI=1S/C18H20N6O7S2/c1-3-7-5-32-15-11(22-13(25)10(23-30-2)9-6-33-18(20)21-9)14(26)24(15)12(7)17(29)31-4-8(19)16(27)28/h3,6,8,11,15H,1,4-5,19H2,2H3,(H2,20,21)(H,22,25)(H,27,28)/b23-10-/t8?,11?,15-/m1/s1. The molecule has 13 nitrogen and oxygen atoms in total. The van der Waals surface area contributed by atoms with Crippen molar-refractivity contribution in [3.63, 3.8) is 0 Å². The van der Waals surface area contributed by atoms with Gasteiger partial charge in [-0.15, -0.1) is 23.1 Å². The van der Waals surface area contributed by atoms with Crippen LogP contribution in [-0.4, -0.2) is 81.4 Å². The molecule has 0 bridgehead atoms. The van der Waals surface area contributed by atoms with E-state index in [1.54, 1.807) is 0 Å². The second kappa shape index (κ2) is 10.0. The number of carbonyl (C=O) groups is 4. The van der Waals surface area contributed by atoms with Gasteiger partial charge in [0.1, 0.15) is 42.6 Å². The highest BCUT2D eigenvalue weighted by Crippen LogP contribution is 2.41. The van der Waals surface area contributed by atoms with Crippen molar-refractivity contribution in [2.75, 3.05) is 25.2 Å². The Balaban J connectivity index is 1.75. The third-order valence-corrected chi connectivity index (χ3v) is 6.57. The van der Waals surface area contributed by atoms with Gasteiger partial charge in [0.25, 0.3) is 11.8 Å². The summed E-state index contributed by atoms with van der Waals surface area (Å²) >= 11 is 2.41. The van der Waals surface area contributed by atoms with Crippen LogP contribution in [0.1, 0.15) is 5.69 Å². The van der Waals surface area contributed by atoms with Crippen molar-refractivity contribution in [2.45, 2.75) is 17.5 Å². The van der Waals surface area contributed by atoms with Crippen molar-refractivity contribution in [1.29, 1.82) is 0 Å². The molecule has 2 aliphatic rings. The maximum Gasteiger partial charge on any atom is 0.355 e. The van der Waals surface area contributed by atoms with Crippen LogP contribution in [0.5, 0.6) is 0 Å². The van der Waals surface area contributed by atoms with Crippen LogP contribution in [-0.2, 0) is 28.8 Å². The molecule has 2 amide bonds. The molecule has 0 saturated carbocycles. The number of nitrogens with one attached hydrogen (secondary N) is 1. The highest BCUT2D eigenvalue weighted by Gasteiger charge is 2.54. The molecule has 0 spiro atoms. The third-order valence-electron chi connectivity index (χ3n) is 4.60. The Kier molecular flexibility index (Phi) is 7.35. The molecule has 0 aromatic carbocycles. The number of aromatic nitrogens is 1. The first-order valence-corrected chi connectivity index (χ1v) is 11.2. The number of rotatable bonds is 9. The zero-order valence-electron chi connectivity index (χ0n) is 17.2. The Morgan fingerprint density at radius 3 is 2.82 bits per heavy atom. The molecule has 3 atom stereocenters. The molecule has 3 rings (SSSR count). The predicted octanol–water partition coefficient (Wildman–Crippen LogP) is -1.13. The number of β-lactam (4-membered cyclic amide) rings is 1. The molecule has 33 heavy (non-hydrogen) atoms. The van der Waals surface area contributed by atoms with Crippen molar-refractivity contribution in [2.24, 2.45) is 10.9 Å². The molecule has 1 aromatic rings. The fourth-order valence-electron chi connectivity index (χ4n) is 3.00. The number of thiazole rings is 1. The summed E-state index contributed by atoms with van der Waals surface area (Å²) in [5.74, 6) is -3.22. The zero-order chi connectivity index (χ0) is 24.3. The average molecular weight is 497 g/mol. The number of ether oxygens (including phenoxy) is 1. The smallest absolute Gasteiger partial charge is 0.355 e. The van der Waals surface area contributed by atoms with Gasteiger partial charge in [-0.05, 0) is 5.57 Å². The van der Waals surface area contributed by atoms with Gasteiger partial charge in [0.15, 0.2) is 10.8 Å². The number of fused-ring (bicyclic) bond motifs is 1. The fraction of sp³-hybridized carbons (Fsp3) is 0.333. The molecule has 1 fully saturated rings.